The van der Waals surface area contributed by atoms with Gasteiger partial charge < -0.3 is 4.74 Å². The first kappa shape index (κ1) is 9.71. The number of esters is 1. The molecule has 0 unspecified atom stereocenters. The smallest absolute Gasteiger partial charge is 0.308 e. The summed E-state index contributed by atoms with van der Waals surface area (Å²) in [6, 6.07) is 7.58. The summed E-state index contributed by atoms with van der Waals surface area (Å²) in [6.07, 6.45) is 8.32. The normalized spacial score (nSPS) is 14.5. The monoisotopic (exact) mass is 200 g/mol. The Bertz CT molecular complexity index is 401. The van der Waals surface area contributed by atoms with E-state index in [1.165, 1.54) is 12.5 Å². The molecule has 0 aromatic heterocycles. The highest BCUT2D eigenvalue weighted by Gasteiger charge is 2.07. The maximum absolute atomic E-state index is 10.7. The molecule has 0 saturated heterocycles. The predicted octanol–water partition coefficient (Wildman–Crippen LogP) is 2.82. The zero-order chi connectivity index (χ0) is 10.7. The minimum absolute atomic E-state index is 0.289. The number of hydrogen-bond donors (Lipinski definition) is 0. The van der Waals surface area contributed by atoms with Gasteiger partial charge in [0, 0.05) is 12.8 Å². The average Bonchev–Trinajstić information content (AvgIpc) is 2.71. The Morgan fingerprint density at radius 1 is 1.13 bits per heavy atom. The van der Waals surface area contributed by atoms with E-state index in [1.807, 2.05) is 36.4 Å². The molecule has 0 fully saturated rings. The first-order valence-corrected chi connectivity index (χ1v) is 4.89. The van der Waals surface area contributed by atoms with Gasteiger partial charge in [-0.1, -0.05) is 36.4 Å². The summed E-state index contributed by atoms with van der Waals surface area (Å²) in [7, 11) is 0. The van der Waals surface area contributed by atoms with Crippen LogP contribution in [0.2, 0.25) is 0 Å². The molecule has 0 atom stereocenters. The van der Waals surface area contributed by atoms with E-state index in [1.54, 1.807) is 0 Å². The quantitative estimate of drug-likeness (QED) is 0.542. The maximum atomic E-state index is 10.7. The SMILES string of the molecule is CC(=O)Oc1ccc(C2C=CC=C2)cc1. The van der Waals surface area contributed by atoms with Gasteiger partial charge in [-0.2, -0.15) is 0 Å². The first-order chi connectivity index (χ1) is 7.25. The topological polar surface area (TPSA) is 26.3 Å². The summed E-state index contributed by atoms with van der Waals surface area (Å²) in [5.41, 5.74) is 1.20. The van der Waals surface area contributed by atoms with E-state index in [0.717, 1.165) is 0 Å². The number of allylic oxidation sites excluding steroid dienone is 4. The molecule has 0 aliphatic heterocycles. The molecule has 2 nitrogen and oxygen atoms in total. The summed E-state index contributed by atoms with van der Waals surface area (Å²) in [6.45, 7) is 1.40. The van der Waals surface area contributed by atoms with Crippen LogP contribution in [0.3, 0.4) is 0 Å². The van der Waals surface area contributed by atoms with E-state index < -0.39 is 0 Å². The molecule has 1 aromatic rings. The van der Waals surface area contributed by atoms with E-state index in [0.29, 0.717) is 11.7 Å². The Morgan fingerprint density at radius 3 is 2.27 bits per heavy atom. The van der Waals surface area contributed by atoms with Crippen LogP contribution in [0, 0.1) is 0 Å². The van der Waals surface area contributed by atoms with Crippen LogP contribution in [0.4, 0.5) is 0 Å². The zero-order valence-corrected chi connectivity index (χ0v) is 8.51. The third-order valence-corrected chi connectivity index (χ3v) is 2.27. The second-order valence-electron chi connectivity index (χ2n) is 3.46. The highest BCUT2D eigenvalue weighted by Crippen LogP contribution is 2.24. The van der Waals surface area contributed by atoms with E-state index in [4.69, 9.17) is 4.74 Å². The molecule has 0 N–H and O–H groups in total. The number of carbonyl (C=O) groups is 1. The second kappa shape index (κ2) is 4.13. The summed E-state index contributed by atoms with van der Waals surface area (Å²) in [5, 5.41) is 0. The number of hydrogen-bond acceptors (Lipinski definition) is 2. The van der Waals surface area contributed by atoms with E-state index in [2.05, 4.69) is 12.2 Å². The number of carbonyl (C=O) groups excluding carboxylic acids is 1. The second-order valence-corrected chi connectivity index (χ2v) is 3.46. The van der Waals surface area contributed by atoms with Crippen molar-refractivity contribution in [3.05, 3.63) is 54.1 Å². The van der Waals surface area contributed by atoms with Crippen LogP contribution in [0.25, 0.3) is 0 Å². The van der Waals surface area contributed by atoms with Gasteiger partial charge in [-0.05, 0) is 17.7 Å². The van der Waals surface area contributed by atoms with Crippen LogP contribution >= 0.6 is 0 Å². The molecule has 0 bridgehead atoms. The molecule has 2 heteroatoms. The maximum Gasteiger partial charge on any atom is 0.308 e. The van der Waals surface area contributed by atoms with Gasteiger partial charge in [0.25, 0.3) is 0 Å². The van der Waals surface area contributed by atoms with Gasteiger partial charge in [0.2, 0.25) is 0 Å². The highest BCUT2D eigenvalue weighted by molar-refractivity contribution is 5.69. The third kappa shape index (κ3) is 2.34. The van der Waals surface area contributed by atoms with Crippen molar-refractivity contribution in [1.82, 2.24) is 0 Å². The Kier molecular flexibility index (Phi) is 2.68. The highest BCUT2D eigenvalue weighted by atomic mass is 16.5. The number of ether oxygens (including phenoxy) is 1. The lowest BCUT2D eigenvalue weighted by molar-refractivity contribution is -0.131. The van der Waals surface area contributed by atoms with Crippen LogP contribution in [-0.4, -0.2) is 5.97 Å². The molecule has 0 saturated carbocycles. The minimum Gasteiger partial charge on any atom is -0.427 e. The lowest BCUT2D eigenvalue weighted by atomic mass is 10.0. The predicted molar refractivity (Wildman–Crippen MR) is 58.8 cm³/mol. The fraction of sp³-hybridized carbons (Fsp3) is 0.154. The van der Waals surface area contributed by atoms with Crippen LogP contribution in [0.1, 0.15) is 18.4 Å². The van der Waals surface area contributed by atoms with Gasteiger partial charge >= 0.3 is 5.97 Å². The Balaban J connectivity index is 2.13. The van der Waals surface area contributed by atoms with Gasteiger partial charge in [-0.25, -0.2) is 0 Å². The van der Waals surface area contributed by atoms with Crippen molar-refractivity contribution >= 4 is 5.97 Å². The van der Waals surface area contributed by atoms with Gasteiger partial charge in [0.05, 0.1) is 0 Å². The van der Waals surface area contributed by atoms with Gasteiger partial charge in [0.1, 0.15) is 5.75 Å². The van der Waals surface area contributed by atoms with Crippen LogP contribution in [-0.2, 0) is 4.79 Å². The number of benzene rings is 1. The molecular weight excluding hydrogens is 188 g/mol. The lowest BCUT2D eigenvalue weighted by Gasteiger charge is -2.06. The Hall–Kier alpha value is -1.83. The molecule has 1 aliphatic carbocycles. The van der Waals surface area contributed by atoms with Gasteiger partial charge in [0.15, 0.2) is 0 Å². The van der Waals surface area contributed by atoms with Crippen LogP contribution in [0.15, 0.2) is 48.6 Å². The molecule has 0 heterocycles. The van der Waals surface area contributed by atoms with Gasteiger partial charge in [-0.3, -0.25) is 4.79 Å². The zero-order valence-electron chi connectivity index (χ0n) is 8.51. The molecule has 0 amide bonds. The summed E-state index contributed by atoms with van der Waals surface area (Å²) in [4.78, 5) is 10.7. The first-order valence-electron chi connectivity index (χ1n) is 4.89. The average molecular weight is 200 g/mol. The fourth-order valence-corrected chi connectivity index (χ4v) is 1.58. The minimum atomic E-state index is -0.289. The van der Waals surface area contributed by atoms with Crippen molar-refractivity contribution in [1.29, 1.82) is 0 Å². The van der Waals surface area contributed by atoms with Crippen LogP contribution in [0.5, 0.6) is 5.75 Å². The van der Waals surface area contributed by atoms with Crippen molar-refractivity contribution in [2.75, 3.05) is 0 Å². The van der Waals surface area contributed by atoms with Crippen molar-refractivity contribution in [3.8, 4) is 5.75 Å². The Morgan fingerprint density at radius 2 is 1.73 bits per heavy atom. The van der Waals surface area contributed by atoms with E-state index in [-0.39, 0.29) is 5.97 Å². The van der Waals surface area contributed by atoms with Gasteiger partial charge in [-0.15, -0.1) is 0 Å². The molecule has 76 valence electrons. The molecule has 0 spiro atoms. The summed E-state index contributed by atoms with van der Waals surface area (Å²) in [5.74, 6) is 0.664. The van der Waals surface area contributed by atoms with Crippen molar-refractivity contribution in [2.24, 2.45) is 0 Å². The molecule has 0 radical (unpaired) electrons. The number of rotatable bonds is 2. The summed E-state index contributed by atoms with van der Waals surface area (Å²) >= 11 is 0. The lowest BCUT2D eigenvalue weighted by Crippen LogP contribution is -2.01. The molecule has 2 rings (SSSR count). The van der Waals surface area contributed by atoms with E-state index in [9.17, 15) is 4.79 Å². The van der Waals surface area contributed by atoms with Crippen molar-refractivity contribution in [3.63, 3.8) is 0 Å². The molecule has 1 aliphatic rings. The van der Waals surface area contributed by atoms with Crippen molar-refractivity contribution in [2.45, 2.75) is 12.8 Å². The van der Waals surface area contributed by atoms with E-state index >= 15 is 0 Å². The summed E-state index contributed by atoms with van der Waals surface area (Å²) < 4.78 is 4.96. The standard InChI is InChI=1S/C13H12O2/c1-10(14)15-13-8-6-12(7-9-13)11-4-2-3-5-11/h2-9,11H,1H3. The van der Waals surface area contributed by atoms with Crippen LogP contribution < -0.4 is 4.74 Å². The molecule has 15 heavy (non-hydrogen) atoms. The third-order valence-electron chi connectivity index (χ3n) is 2.27. The largest absolute Gasteiger partial charge is 0.427 e. The fourth-order valence-electron chi connectivity index (χ4n) is 1.58. The van der Waals surface area contributed by atoms with Crippen molar-refractivity contribution < 1.29 is 9.53 Å². The Labute approximate surface area is 88.9 Å². The molecular formula is C13H12O2. The molecule has 1 aromatic carbocycles.